The number of amides is 1. The molecular weight excluding hydrogens is 269 g/mol. The topological polar surface area (TPSA) is 86.3 Å². The second-order valence-corrected chi connectivity index (χ2v) is 4.09. The summed E-state index contributed by atoms with van der Waals surface area (Å²) in [6.45, 7) is 0. The van der Waals surface area contributed by atoms with Crippen molar-refractivity contribution in [3.8, 4) is 0 Å². The molecule has 15 heavy (non-hydrogen) atoms. The van der Waals surface area contributed by atoms with Crippen LogP contribution >= 0.6 is 11.6 Å². The average molecular weight is 274 g/mol. The second kappa shape index (κ2) is 6.31. The van der Waals surface area contributed by atoms with Crippen molar-refractivity contribution in [2.45, 2.75) is 0 Å². The quantitative estimate of drug-likeness (QED) is 0.494. The number of halogens is 1. The molecule has 0 aliphatic carbocycles. The molecule has 0 saturated heterocycles. The van der Waals surface area contributed by atoms with Gasteiger partial charge >= 0.3 is 56.6 Å². The Morgan fingerprint density at radius 2 is 2.00 bits per heavy atom. The van der Waals surface area contributed by atoms with E-state index in [-0.39, 0.29) is 57.1 Å². The minimum absolute atomic E-state index is 0. The van der Waals surface area contributed by atoms with Crippen LogP contribution < -0.4 is 56.7 Å². The summed E-state index contributed by atoms with van der Waals surface area (Å²) >= 11 is 5.56. The second-order valence-electron chi connectivity index (χ2n) is 2.38. The Hall–Kier alpha value is 0.526. The van der Waals surface area contributed by atoms with Crippen LogP contribution in [0.2, 0.25) is 5.02 Å². The zero-order valence-corrected chi connectivity index (χ0v) is 12.4. The number of benzene rings is 1. The van der Waals surface area contributed by atoms with E-state index in [2.05, 4.69) is 0 Å². The molecule has 1 amide bonds. The summed E-state index contributed by atoms with van der Waals surface area (Å²) in [6.07, 6.45) is 0. The zero-order valence-electron chi connectivity index (χ0n) is 7.73. The standard InChI is InChI=1S/C7H6ClNO4S.K/c8-5-2-1-3-6(4-5)9-7(10)14(11,12)13;/h1-4H,(H,9,10)(H,11,12,13);/q;+1/p-1. The van der Waals surface area contributed by atoms with Crippen LogP contribution in [0.1, 0.15) is 0 Å². The fourth-order valence-corrected chi connectivity index (χ4v) is 1.18. The molecule has 0 heterocycles. The number of hydrogen-bond donors (Lipinski definition) is 1. The molecule has 1 N–H and O–H groups in total. The van der Waals surface area contributed by atoms with Crippen molar-refractivity contribution >= 4 is 32.6 Å². The third-order valence-electron chi connectivity index (χ3n) is 1.30. The summed E-state index contributed by atoms with van der Waals surface area (Å²) in [5.74, 6) is 0. The molecule has 0 radical (unpaired) electrons. The summed E-state index contributed by atoms with van der Waals surface area (Å²) < 4.78 is 30.7. The number of rotatable bonds is 1. The van der Waals surface area contributed by atoms with Crippen LogP contribution in [0.15, 0.2) is 24.3 Å². The van der Waals surface area contributed by atoms with E-state index in [1.165, 1.54) is 18.2 Å². The molecule has 1 aromatic rings. The van der Waals surface area contributed by atoms with Gasteiger partial charge in [0, 0.05) is 10.7 Å². The van der Waals surface area contributed by atoms with E-state index in [0.717, 1.165) is 0 Å². The first-order valence-electron chi connectivity index (χ1n) is 3.42. The van der Waals surface area contributed by atoms with Gasteiger partial charge in [0.15, 0.2) is 10.1 Å². The van der Waals surface area contributed by atoms with E-state index in [0.29, 0.717) is 5.02 Å². The molecule has 0 aliphatic rings. The van der Waals surface area contributed by atoms with Gasteiger partial charge in [-0.15, -0.1) is 0 Å². The van der Waals surface area contributed by atoms with E-state index in [4.69, 9.17) is 11.6 Å². The Kier molecular flexibility index (Phi) is 6.53. The number of anilines is 1. The molecule has 76 valence electrons. The Balaban J connectivity index is 0.00000196. The van der Waals surface area contributed by atoms with Crippen LogP contribution in [-0.4, -0.2) is 18.2 Å². The molecule has 0 aliphatic heterocycles. The maximum Gasteiger partial charge on any atom is 1.00 e. The van der Waals surface area contributed by atoms with Gasteiger partial charge in [0.1, 0.15) is 0 Å². The molecule has 0 bridgehead atoms. The van der Waals surface area contributed by atoms with Gasteiger partial charge < -0.3 is 9.87 Å². The van der Waals surface area contributed by atoms with Crippen LogP contribution in [0.4, 0.5) is 10.5 Å². The number of carbonyl (C=O) groups excluding carboxylic acids is 1. The van der Waals surface area contributed by atoms with Gasteiger partial charge in [-0.1, -0.05) is 17.7 Å². The maximum atomic E-state index is 10.7. The first-order valence-corrected chi connectivity index (χ1v) is 5.20. The van der Waals surface area contributed by atoms with Crippen molar-refractivity contribution in [2.75, 3.05) is 5.32 Å². The van der Waals surface area contributed by atoms with E-state index < -0.39 is 15.4 Å². The Labute approximate surface area is 134 Å². The Morgan fingerprint density at radius 3 is 2.47 bits per heavy atom. The van der Waals surface area contributed by atoms with Crippen molar-refractivity contribution in [1.29, 1.82) is 0 Å². The van der Waals surface area contributed by atoms with Crippen molar-refractivity contribution in [2.24, 2.45) is 0 Å². The largest absolute Gasteiger partial charge is 1.00 e. The first kappa shape index (κ1) is 15.5. The molecule has 0 saturated carbocycles. The summed E-state index contributed by atoms with van der Waals surface area (Å²) in [5.41, 5.74) is 0.155. The molecule has 1 rings (SSSR count). The molecular formula is C7H5ClKNO4S. The van der Waals surface area contributed by atoms with Gasteiger partial charge in [0.2, 0.25) is 0 Å². The summed E-state index contributed by atoms with van der Waals surface area (Å²) in [6, 6.07) is 5.79. The average Bonchev–Trinajstić information content (AvgIpc) is 2.02. The van der Waals surface area contributed by atoms with Crippen LogP contribution in [0.25, 0.3) is 0 Å². The number of carbonyl (C=O) groups is 1. The monoisotopic (exact) mass is 273 g/mol. The van der Waals surface area contributed by atoms with Gasteiger partial charge in [-0.05, 0) is 18.2 Å². The predicted molar refractivity (Wildman–Crippen MR) is 50.2 cm³/mol. The molecule has 8 heteroatoms. The van der Waals surface area contributed by atoms with Crippen LogP contribution in [-0.2, 0) is 10.1 Å². The fourth-order valence-electron chi connectivity index (χ4n) is 0.747. The Bertz CT molecular complexity index is 462. The van der Waals surface area contributed by atoms with E-state index >= 15 is 0 Å². The smallest absolute Gasteiger partial charge is 0.740 e. The summed E-state index contributed by atoms with van der Waals surface area (Å²) in [4.78, 5) is 10.7. The third-order valence-corrected chi connectivity index (χ3v) is 2.09. The SMILES string of the molecule is O=C(Nc1cccc(Cl)c1)S(=O)(=O)[O-].[K+]. The normalized spacial score (nSPS) is 10.3. The van der Waals surface area contributed by atoms with E-state index in [1.807, 2.05) is 5.32 Å². The fraction of sp³-hybridized carbons (Fsp3) is 0. The maximum absolute atomic E-state index is 10.7. The van der Waals surface area contributed by atoms with Crippen molar-refractivity contribution in [3.63, 3.8) is 0 Å². The molecule has 0 spiro atoms. The number of nitrogens with one attached hydrogen (secondary N) is 1. The molecule has 0 unspecified atom stereocenters. The minimum Gasteiger partial charge on any atom is -0.740 e. The van der Waals surface area contributed by atoms with Crippen molar-refractivity contribution < 1.29 is 69.1 Å². The van der Waals surface area contributed by atoms with Crippen LogP contribution in [0.5, 0.6) is 0 Å². The van der Waals surface area contributed by atoms with Crippen molar-refractivity contribution in [1.82, 2.24) is 0 Å². The van der Waals surface area contributed by atoms with Gasteiger partial charge in [-0.25, -0.2) is 8.42 Å². The van der Waals surface area contributed by atoms with E-state index in [9.17, 15) is 17.8 Å². The number of hydrogen-bond acceptors (Lipinski definition) is 4. The molecule has 0 atom stereocenters. The van der Waals surface area contributed by atoms with Crippen LogP contribution in [0, 0.1) is 0 Å². The van der Waals surface area contributed by atoms with Crippen LogP contribution in [0.3, 0.4) is 0 Å². The molecule has 1 aromatic carbocycles. The minimum atomic E-state index is -4.96. The predicted octanol–water partition coefficient (Wildman–Crippen LogP) is -1.58. The Morgan fingerprint density at radius 1 is 1.40 bits per heavy atom. The first-order chi connectivity index (χ1) is 6.39. The van der Waals surface area contributed by atoms with Gasteiger partial charge in [-0.2, -0.15) is 0 Å². The van der Waals surface area contributed by atoms with Crippen molar-refractivity contribution in [3.05, 3.63) is 29.3 Å². The zero-order chi connectivity index (χ0) is 10.8. The van der Waals surface area contributed by atoms with Gasteiger partial charge in [0.25, 0.3) is 0 Å². The molecule has 5 nitrogen and oxygen atoms in total. The summed E-state index contributed by atoms with van der Waals surface area (Å²) in [5, 5.41) is 0.626. The summed E-state index contributed by atoms with van der Waals surface area (Å²) in [7, 11) is -4.96. The van der Waals surface area contributed by atoms with Gasteiger partial charge in [-0.3, -0.25) is 4.79 Å². The van der Waals surface area contributed by atoms with E-state index in [1.54, 1.807) is 6.07 Å². The van der Waals surface area contributed by atoms with Gasteiger partial charge in [0.05, 0.1) is 0 Å². The molecule has 0 fully saturated rings. The molecule has 0 aromatic heterocycles. The third kappa shape index (κ3) is 5.41.